The Morgan fingerprint density at radius 3 is 2.86 bits per heavy atom. The van der Waals surface area contributed by atoms with E-state index in [0.717, 1.165) is 23.2 Å². The monoisotopic (exact) mass is 378 g/mol. The van der Waals surface area contributed by atoms with Crippen LogP contribution < -0.4 is 0 Å². The van der Waals surface area contributed by atoms with Crippen LogP contribution in [-0.2, 0) is 11.2 Å². The molecule has 6 heteroatoms. The highest BCUT2D eigenvalue weighted by molar-refractivity contribution is 6.00. The number of benzene rings is 1. The number of hydrogen-bond donors (Lipinski definition) is 1. The summed E-state index contributed by atoms with van der Waals surface area (Å²) in [4.78, 5) is 31.8. The SMILES string of the molecule is CC1CC(C#N)N(C(=O)CN(C)C(=O)c2cc3c(CC4CC4)cccc3[nH]2)C1. The van der Waals surface area contributed by atoms with Crippen LogP contribution in [0.2, 0.25) is 0 Å². The van der Waals surface area contributed by atoms with Crippen molar-refractivity contribution >= 4 is 22.7 Å². The fraction of sp³-hybridized carbons (Fsp3) is 0.500. The lowest BCUT2D eigenvalue weighted by atomic mass is 10.0. The summed E-state index contributed by atoms with van der Waals surface area (Å²) in [6.07, 6.45) is 4.33. The van der Waals surface area contributed by atoms with E-state index < -0.39 is 0 Å². The van der Waals surface area contributed by atoms with Crippen LogP contribution >= 0.6 is 0 Å². The maximum Gasteiger partial charge on any atom is 0.270 e. The van der Waals surface area contributed by atoms with E-state index in [1.165, 1.54) is 23.3 Å². The molecule has 4 rings (SSSR count). The molecule has 1 saturated heterocycles. The summed E-state index contributed by atoms with van der Waals surface area (Å²) >= 11 is 0. The van der Waals surface area contributed by atoms with Gasteiger partial charge in [-0.25, -0.2) is 0 Å². The number of aromatic amines is 1. The molecule has 1 saturated carbocycles. The van der Waals surface area contributed by atoms with Crippen molar-refractivity contribution < 1.29 is 9.59 Å². The molecule has 2 atom stereocenters. The molecule has 28 heavy (non-hydrogen) atoms. The van der Waals surface area contributed by atoms with E-state index in [2.05, 4.69) is 17.1 Å². The van der Waals surface area contributed by atoms with Gasteiger partial charge in [0.25, 0.3) is 5.91 Å². The van der Waals surface area contributed by atoms with Gasteiger partial charge in [0, 0.05) is 24.5 Å². The Morgan fingerprint density at radius 2 is 2.14 bits per heavy atom. The number of carbonyl (C=O) groups excluding carboxylic acids is 2. The van der Waals surface area contributed by atoms with Crippen molar-refractivity contribution in [3.63, 3.8) is 0 Å². The molecular formula is C22H26N4O2. The molecule has 0 bridgehead atoms. The fourth-order valence-electron chi connectivity index (χ4n) is 4.16. The molecule has 0 radical (unpaired) electrons. The van der Waals surface area contributed by atoms with Gasteiger partial charge in [-0.05, 0) is 55.2 Å². The number of likely N-dealkylation sites (tertiary alicyclic amines) is 1. The summed E-state index contributed by atoms with van der Waals surface area (Å²) < 4.78 is 0. The first-order valence-corrected chi connectivity index (χ1v) is 10.0. The molecule has 1 aliphatic carbocycles. The summed E-state index contributed by atoms with van der Waals surface area (Å²) in [6, 6.07) is 9.86. The van der Waals surface area contributed by atoms with Gasteiger partial charge in [-0.1, -0.05) is 19.1 Å². The van der Waals surface area contributed by atoms with Crippen LogP contribution in [0.15, 0.2) is 24.3 Å². The van der Waals surface area contributed by atoms with Crippen molar-refractivity contribution in [2.45, 2.75) is 38.6 Å². The Hall–Kier alpha value is -2.81. The zero-order chi connectivity index (χ0) is 19.8. The lowest BCUT2D eigenvalue weighted by Gasteiger charge is -2.23. The van der Waals surface area contributed by atoms with Gasteiger partial charge in [0.2, 0.25) is 5.91 Å². The molecule has 2 aliphatic rings. The molecule has 2 aromatic rings. The number of likely N-dealkylation sites (N-methyl/N-ethyl adjacent to an activating group) is 1. The van der Waals surface area contributed by atoms with Crippen LogP contribution in [0.4, 0.5) is 0 Å². The van der Waals surface area contributed by atoms with Gasteiger partial charge < -0.3 is 14.8 Å². The van der Waals surface area contributed by atoms with E-state index in [1.807, 2.05) is 25.1 Å². The van der Waals surface area contributed by atoms with Crippen LogP contribution in [0.25, 0.3) is 10.9 Å². The predicted octanol–water partition coefficient (Wildman–Crippen LogP) is 2.95. The van der Waals surface area contributed by atoms with E-state index in [1.54, 1.807) is 11.9 Å². The third-order valence-corrected chi connectivity index (χ3v) is 5.89. The van der Waals surface area contributed by atoms with Crippen molar-refractivity contribution in [3.05, 3.63) is 35.5 Å². The zero-order valence-electron chi connectivity index (χ0n) is 16.4. The summed E-state index contributed by atoms with van der Waals surface area (Å²) in [5, 5.41) is 10.4. The standard InChI is InChI=1S/C22H26N4O2/c1-14-8-17(11-23)26(12-14)21(27)13-25(2)22(28)20-10-18-16(9-15-6-7-15)4-3-5-19(18)24-20/h3-5,10,14-15,17,24H,6-9,12-13H2,1-2H3. The maximum atomic E-state index is 12.9. The van der Waals surface area contributed by atoms with E-state index in [-0.39, 0.29) is 24.4 Å². The molecule has 1 aromatic carbocycles. The summed E-state index contributed by atoms with van der Waals surface area (Å²) in [6.45, 7) is 2.60. The van der Waals surface area contributed by atoms with Gasteiger partial charge in [-0.15, -0.1) is 0 Å². The Bertz CT molecular complexity index is 953. The molecule has 1 N–H and O–H groups in total. The average Bonchev–Trinajstić information content (AvgIpc) is 3.24. The van der Waals surface area contributed by atoms with Crippen molar-refractivity contribution in [3.8, 4) is 6.07 Å². The first kappa shape index (κ1) is 18.5. The maximum absolute atomic E-state index is 12.9. The molecule has 6 nitrogen and oxygen atoms in total. The third kappa shape index (κ3) is 3.62. The molecule has 146 valence electrons. The first-order valence-electron chi connectivity index (χ1n) is 10.0. The fourth-order valence-corrected chi connectivity index (χ4v) is 4.16. The Kier molecular flexibility index (Phi) is 4.84. The van der Waals surface area contributed by atoms with E-state index in [9.17, 15) is 14.9 Å². The van der Waals surface area contributed by atoms with Crippen molar-refractivity contribution in [2.75, 3.05) is 20.1 Å². The van der Waals surface area contributed by atoms with Crippen LogP contribution in [0.3, 0.4) is 0 Å². The number of nitrogens with zero attached hydrogens (tertiary/aromatic N) is 3. The minimum atomic E-state index is -0.385. The second-order valence-electron chi connectivity index (χ2n) is 8.40. The first-order chi connectivity index (χ1) is 13.5. The number of carbonyl (C=O) groups is 2. The van der Waals surface area contributed by atoms with Crippen molar-refractivity contribution in [1.29, 1.82) is 5.26 Å². The Labute approximate surface area is 165 Å². The number of nitrogens with one attached hydrogen (secondary N) is 1. The highest BCUT2D eigenvalue weighted by Gasteiger charge is 2.34. The second-order valence-corrected chi connectivity index (χ2v) is 8.40. The molecule has 2 amide bonds. The minimum Gasteiger partial charge on any atom is -0.351 e. The number of hydrogen-bond acceptors (Lipinski definition) is 3. The number of aromatic nitrogens is 1. The summed E-state index contributed by atoms with van der Waals surface area (Å²) in [5.41, 5.74) is 2.73. The van der Waals surface area contributed by atoms with E-state index in [0.29, 0.717) is 24.6 Å². The summed E-state index contributed by atoms with van der Waals surface area (Å²) in [5.74, 6) is 0.712. The van der Waals surface area contributed by atoms with Crippen molar-refractivity contribution in [1.82, 2.24) is 14.8 Å². The van der Waals surface area contributed by atoms with Crippen molar-refractivity contribution in [2.24, 2.45) is 11.8 Å². The molecular weight excluding hydrogens is 352 g/mol. The summed E-state index contributed by atoms with van der Waals surface area (Å²) in [7, 11) is 1.64. The molecule has 2 fully saturated rings. The number of H-pyrrole nitrogens is 1. The lowest BCUT2D eigenvalue weighted by Crippen LogP contribution is -2.43. The number of rotatable bonds is 5. The van der Waals surface area contributed by atoms with Gasteiger partial charge >= 0.3 is 0 Å². The highest BCUT2D eigenvalue weighted by Crippen LogP contribution is 2.34. The van der Waals surface area contributed by atoms with Crippen LogP contribution in [-0.4, -0.2) is 52.8 Å². The Balaban J connectivity index is 1.48. The van der Waals surface area contributed by atoms with Crippen LogP contribution in [0, 0.1) is 23.2 Å². The van der Waals surface area contributed by atoms with Crippen LogP contribution in [0.5, 0.6) is 0 Å². The average molecular weight is 378 g/mol. The van der Waals surface area contributed by atoms with Gasteiger partial charge in [0.05, 0.1) is 12.6 Å². The van der Waals surface area contributed by atoms with E-state index in [4.69, 9.17) is 0 Å². The van der Waals surface area contributed by atoms with Gasteiger partial charge in [0.1, 0.15) is 11.7 Å². The molecule has 1 aromatic heterocycles. The van der Waals surface area contributed by atoms with Gasteiger partial charge in [-0.2, -0.15) is 5.26 Å². The second kappa shape index (κ2) is 7.31. The van der Waals surface area contributed by atoms with Gasteiger partial charge in [0.15, 0.2) is 0 Å². The minimum absolute atomic E-state index is 0.0198. The third-order valence-electron chi connectivity index (χ3n) is 5.89. The van der Waals surface area contributed by atoms with E-state index >= 15 is 0 Å². The lowest BCUT2D eigenvalue weighted by molar-refractivity contribution is -0.131. The normalized spacial score (nSPS) is 21.7. The highest BCUT2D eigenvalue weighted by atomic mass is 16.2. The largest absolute Gasteiger partial charge is 0.351 e. The van der Waals surface area contributed by atoms with Crippen LogP contribution in [0.1, 0.15) is 42.2 Å². The Morgan fingerprint density at radius 1 is 1.36 bits per heavy atom. The molecule has 0 spiro atoms. The molecule has 2 heterocycles. The zero-order valence-corrected chi connectivity index (χ0v) is 16.4. The molecule has 2 unspecified atom stereocenters. The molecule has 1 aliphatic heterocycles. The topological polar surface area (TPSA) is 80.2 Å². The van der Waals surface area contributed by atoms with Gasteiger partial charge in [-0.3, -0.25) is 9.59 Å². The smallest absolute Gasteiger partial charge is 0.270 e. The quantitative estimate of drug-likeness (QED) is 0.869. The number of fused-ring (bicyclic) bond motifs is 1. The predicted molar refractivity (Wildman–Crippen MR) is 107 cm³/mol. The number of amides is 2. The number of nitriles is 1.